The van der Waals surface area contributed by atoms with E-state index < -0.39 is 0 Å². The van der Waals surface area contributed by atoms with Crippen molar-refractivity contribution in [2.24, 2.45) is 11.7 Å². The smallest absolute Gasteiger partial charge is 0.234 e. The average Bonchev–Trinajstić information content (AvgIpc) is 2.90. The van der Waals surface area contributed by atoms with Crippen LogP contribution in [0.25, 0.3) is 0 Å². The maximum absolute atomic E-state index is 11.9. The van der Waals surface area contributed by atoms with E-state index in [1.807, 2.05) is 17.5 Å². The summed E-state index contributed by atoms with van der Waals surface area (Å²) in [6, 6.07) is 4.26. The zero-order valence-corrected chi connectivity index (χ0v) is 12.3. The van der Waals surface area contributed by atoms with Crippen LogP contribution in [-0.4, -0.2) is 36.5 Å². The van der Waals surface area contributed by atoms with Gasteiger partial charge in [0.25, 0.3) is 0 Å². The average molecular weight is 281 g/mol. The van der Waals surface area contributed by atoms with Gasteiger partial charge in [-0.2, -0.15) is 0 Å². The summed E-state index contributed by atoms with van der Waals surface area (Å²) in [5.74, 6) is 0.637. The molecule has 4 nitrogen and oxygen atoms in total. The van der Waals surface area contributed by atoms with Gasteiger partial charge >= 0.3 is 0 Å². The van der Waals surface area contributed by atoms with Gasteiger partial charge in [-0.15, -0.1) is 11.3 Å². The minimum absolute atomic E-state index is 0.110. The van der Waals surface area contributed by atoms with Gasteiger partial charge in [0.2, 0.25) is 5.91 Å². The van der Waals surface area contributed by atoms with E-state index in [0.717, 1.165) is 19.5 Å². The maximum atomic E-state index is 11.9. The number of nitrogens with two attached hydrogens (primary N) is 1. The fourth-order valence-electron chi connectivity index (χ4n) is 2.52. The van der Waals surface area contributed by atoms with E-state index in [1.54, 1.807) is 11.3 Å². The number of nitrogens with zero attached hydrogens (tertiary/aromatic N) is 1. The second kappa shape index (κ2) is 7.03. The van der Waals surface area contributed by atoms with Crippen LogP contribution < -0.4 is 11.1 Å². The number of rotatable bonds is 5. The number of thiophene rings is 1. The molecule has 0 bridgehead atoms. The predicted octanol–water partition coefficient (Wildman–Crippen LogP) is 1.42. The van der Waals surface area contributed by atoms with Crippen LogP contribution in [0.1, 0.15) is 24.6 Å². The van der Waals surface area contributed by atoms with Crippen LogP contribution >= 0.6 is 11.3 Å². The molecule has 1 aromatic heterocycles. The molecular formula is C14H23N3OS. The molecule has 2 unspecified atom stereocenters. The van der Waals surface area contributed by atoms with E-state index in [1.165, 1.54) is 11.3 Å². The van der Waals surface area contributed by atoms with Crippen molar-refractivity contribution in [2.45, 2.75) is 32.4 Å². The Morgan fingerprint density at radius 2 is 2.53 bits per heavy atom. The first-order valence-electron chi connectivity index (χ1n) is 6.92. The number of carbonyl (C=O) groups is 1. The van der Waals surface area contributed by atoms with E-state index in [-0.39, 0.29) is 11.9 Å². The topological polar surface area (TPSA) is 58.4 Å². The van der Waals surface area contributed by atoms with Crippen molar-refractivity contribution in [3.63, 3.8) is 0 Å². The molecule has 0 aromatic carbocycles. The summed E-state index contributed by atoms with van der Waals surface area (Å²) in [6.07, 6.45) is 2.33. The first-order chi connectivity index (χ1) is 9.15. The SMILES string of the molecule is CC(N)C1CCCN(CC(=O)NCc2cccs2)C1. The van der Waals surface area contributed by atoms with E-state index in [0.29, 0.717) is 19.0 Å². The minimum atomic E-state index is 0.110. The zero-order valence-electron chi connectivity index (χ0n) is 11.5. The predicted molar refractivity (Wildman–Crippen MR) is 79.0 cm³/mol. The number of nitrogens with one attached hydrogen (secondary N) is 1. The van der Waals surface area contributed by atoms with E-state index >= 15 is 0 Å². The lowest BCUT2D eigenvalue weighted by Crippen LogP contribution is -2.46. The molecule has 1 amide bonds. The summed E-state index contributed by atoms with van der Waals surface area (Å²) in [5, 5.41) is 5.00. The molecule has 106 valence electrons. The molecule has 2 atom stereocenters. The largest absolute Gasteiger partial charge is 0.350 e. The lowest BCUT2D eigenvalue weighted by molar-refractivity contribution is -0.122. The molecule has 0 saturated carbocycles. The van der Waals surface area contributed by atoms with Gasteiger partial charge in [0, 0.05) is 17.5 Å². The Morgan fingerprint density at radius 1 is 1.68 bits per heavy atom. The molecule has 1 aromatic rings. The highest BCUT2D eigenvalue weighted by Crippen LogP contribution is 2.18. The highest BCUT2D eigenvalue weighted by Gasteiger charge is 2.23. The van der Waals surface area contributed by atoms with Gasteiger partial charge < -0.3 is 11.1 Å². The van der Waals surface area contributed by atoms with Crippen LogP contribution in [0.3, 0.4) is 0 Å². The van der Waals surface area contributed by atoms with Gasteiger partial charge in [-0.3, -0.25) is 9.69 Å². The fraction of sp³-hybridized carbons (Fsp3) is 0.643. The number of hydrogen-bond donors (Lipinski definition) is 2. The third kappa shape index (κ3) is 4.60. The van der Waals surface area contributed by atoms with Crippen molar-refractivity contribution >= 4 is 17.2 Å². The van der Waals surface area contributed by atoms with Gasteiger partial charge in [-0.1, -0.05) is 6.07 Å². The van der Waals surface area contributed by atoms with Crippen LogP contribution in [0.2, 0.25) is 0 Å². The van der Waals surface area contributed by atoms with Crippen LogP contribution in [-0.2, 0) is 11.3 Å². The van der Waals surface area contributed by atoms with Crippen LogP contribution in [0.4, 0.5) is 0 Å². The second-order valence-corrected chi connectivity index (χ2v) is 6.38. The van der Waals surface area contributed by atoms with Gasteiger partial charge in [0.1, 0.15) is 0 Å². The molecule has 0 aliphatic carbocycles. The van der Waals surface area contributed by atoms with Crippen molar-refractivity contribution in [1.82, 2.24) is 10.2 Å². The number of amides is 1. The lowest BCUT2D eigenvalue weighted by Gasteiger charge is -2.34. The minimum Gasteiger partial charge on any atom is -0.350 e. The van der Waals surface area contributed by atoms with E-state index in [2.05, 4.69) is 17.1 Å². The zero-order chi connectivity index (χ0) is 13.7. The van der Waals surface area contributed by atoms with Crippen LogP contribution in [0.15, 0.2) is 17.5 Å². The fourth-order valence-corrected chi connectivity index (χ4v) is 3.17. The summed E-state index contributed by atoms with van der Waals surface area (Å²) in [6.45, 7) is 5.15. The maximum Gasteiger partial charge on any atom is 0.234 e. The molecule has 2 rings (SSSR count). The molecule has 1 saturated heterocycles. The van der Waals surface area contributed by atoms with Crippen molar-refractivity contribution in [1.29, 1.82) is 0 Å². The summed E-state index contributed by atoms with van der Waals surface area (Å²) >= 11 is 1.67. The monoisotopic (exact) mass is 281 g/mol. The number of hydrogen-bond acceptors (Lipinski definition) is 4. The summed E-state index contributed by atoms with van der Waals surface area (Å²) < 4.78 is 0. The molecule has 2 heterocycles. The molecule has 1 fully saturated rings. The Morgan fingerprint density at radius 3 is 3.21 bits per heavy atom. The number of carbonyl (C=O) groups excluding carboxylic acids is 1. The highest BCUT2D eigenvalue weighted by atomic mass is 32.1. The molecule has 0 radical (unpaired) electrons. The van der Waals surface area contributed by atoms with E-state index in [9.17, 15) is 4.79 Å². The normalized spacial score (nSPS) is 22.1. The third-order valence-electron chi connectivity index (χ3n) is 3.69. The summed E-state index contributed by atoms with van der Waals surface area (Å²) in [4.78, 5) is 15.3. The second-order valence-electron chi connectivity index (χ2n) is 5.35. The third-order valence-corrected chi connectivity index (χ3v) is 4.57. The van der Waals surface area contributed by atoms with Crippen LogP contribution in [0.5, 0.6) is 0 Å². The molecule has 19 heavy (non-hydrogen) atoms. The van der Waals surface area contributed by atoms with Crippen molar-refractivity contribution in [3.05, 3.63) is 22.4 Å². The van der Waals surface area contributed by atoms with Crippen molar-refractivity contribution in [3.8, 4) is 0 Å². The Labute approximate surface area is 119 Å². The van der Waals surface area contributed by atoms with Crippen molar-refractivity contribution in [2.75, 3.05) is 19.6 Å². The van der Waals surface area contributed by atoms with Crippen LogP contribution in [0, 0.1) is 5.92 Å². The Hall–Kier alpha value is -0.910. The summed E-state index contributed by atoms with van der Waals surface area (Å²) in [5.41, 5.74) is 5.96. The van der Waals surface area contributed by atoms with Gasteiger partial charge in [-0.05, 0) is 43.7 Å². The van der Waals surface area contributed by atoms with Gasteiger partial charge in [-0.25, -0.2) is 0 Å². The van der Waals surface area contributed by atoms with E-state index in [4.69, 9.17) is 5.73 Å². The molecule has 1 aliphatic heterocycles. The van der Waals surface area contributed by atoms with Gasteiger partial charge in [0.05, 0.1) is 13.1 Å². The molecule has 0 spiro atoms. The molecular weight excluding hydrogens is 258 g/mol. The first kappa shape index (κ1) is 14.5. The molecule has 3 N–H and O–H groups in total. The summed E-state index contributed by atoms with van der Waals surface area (Å²) in [7, 11) is 0. The number of piperidine rings is 1. The van der Waals surface area contributed by atoms with Crippen molar-refractivity contribution < 1.29 is 4.79 Å². The molecule has 5 heteroatoms. The Kier molecular flexibility index (Phi) is 5.36. The molecule has 1 aliphatic rings. The first-order valence-corrected chi connectivity index (χ1v) is 7.80. The lowest BCUT2D eigenvalue weighted by atomic mass is 9.92. The Bertz CT molecular complexity index is 391. The Balaban J connectivity index is 1.72. The quantitative estimate of drug-likeness (QED) is 0.858. The number of likely N-dealkylation sites (tertiary alicyclic amines) is 1. The highest BCUT2D eigenvalue weighted by molar-refractivity contribution is 7.09. The standard InChI is InChI=1S/C14H23N3OS/c1-11(15)12-4-2-6-17(9-12)10-14(18)16-8-13-5-3-7-19-13/h3,5,7,11-12H,2,4,6,8-10,15H2,1H3,(H,16,18). The van der Waals surface area contributed by atoms with Gasteiger partial charge in [0.15, 0.2) is 0 Å².